The second-order valence-electron chi connectivity index (χ2n) is 5.21. The summed E-state index contributed by atoms with van der Waals surface area (Å²) in [5, 5.41) is 12.4. The zero-order valence-corrected chi connectivity index (χ0v) is 12.0. The molecule has 0 aliphatic heterocycles. The zero-order chi connectivity index (χ0) is 14.4. The number of hydrogen-bond acceptors (Lipinski definition) is 2. The molecular weight excluding hydrogens is 244 g/mol. The highest BCUT2D eigenvalue weighted by Crippen LogP contribution is 2.15. The van der Waals surface area contributed by atoms with Crippen LogP contribution in [-0.4, -0.2) is 6.04 Å². The predicted molar refractivity (Wildman–Crippen MR) is 82.3 cm³/mol. The molecule has 0 spiro atoms. The Balaban J connectivity index is 1.93. The molecule has 1 N–H and O–H groups in total. The van der Waals surface area contributed by atoms with Crippen molar-refractivity contribution < 1.29 is 0 Å². The molecule has 2 atom stereocenters. The molecule has 0 aromatic heterocycles. The average molecular weight is 264 g/mol. The molecule has 2 heteroatoms. The van der Waals surface area contributed by atoms with Gasteiger partial charge in [0.15, 0.2) is 0 Å². The second kappa shape index (κ2) is 6.88. The molecule has 0 saturated carbocycles. The van der Waals surface area contributed by atoms with Crippen LogP contribution in [0.2, 0.25) is 0 Å². The van der Waals surface area contributed by atoms with Gasteiger partial charge in [0.05, 0.1) is 11.6 Å². The first-order valence-electron chi connectivity index (χ1n) is 6.99. The molecule has 20 heavy (non-hydrogen) atoms. The Hall–Kier alpha value is -2.11. The van der Waals surface area contributed by atoms with Crippen molar-refractivity contribution in [1.82, 2.24) is 5.32 Å². The minimum Gasteiger partial charge on any atom is -0.307 e. The van der Waals surface area contributed by atoms with Gasteiger partial charge in [0.1, 0.15) is 0 Å². The number of nitriles is 1. The Morgan fingerprint density at radius 3 is 2.25 bits per heavy atom. The zero-order valence-electron chi connectivity index (χ0n) is 12.0. The van der Waals surface area contributed by atoms with Gasteiger partial charge in [-0.3, -0.25) is 0 Å². The molecule has 2 aromatic rings. The molecule has 2 unspecified atom stereocenters. The Bertz CT molecular complexity index is 567. The lowest BCUT2D eigenvalue weighted by molar-refractivity contribution is 0.477. The summed E-state index contributed by atoms with van der Waals surface area (Å²) < 4.78 is 0. The standard InChI is InChI=1S/C18H20N2/c1-14(12-16-6-4-3-5-7-16)20-15(2)18-10-8-17(13-19)9-11-18/h3-11,14-15,20H,12H2,1-2H3. The fraction of sp³-hybridized carbons (Fsp3) is 0.278. The highest BCUT2D eigenvalue weighted by atomic mass is 14.9. The van der Waals surface area contributed by atoms with E-state index >= 15 is 0 Å². The maximum Gasteiger partial charge on any atom is 0.0991 e. The molecule has 2 aromatic carbocycles. The van der Waals surface area contributed by atoms with Gasteiger partial charge in [0.2, 0.25) is 0 Å². The van der Waals surface area contributed by atoms with E-state index in [2.05, 4.69) is 49.5 Å². The SMILES string of the molecule is CC(Cc1ccccc1)NC(C)c1ccc(C#N)cc1. The monoisotopic (exact) mass is 264 g/mol. The highest BCUT2D eigenvalue weighted by molar-refractivity contribution is 5.32. The van der Waals surface area contributed by atoms with Gasteiger partial charge < -0.3 is 5.32 Å². The Labute approximate surface area is 121 Å². The molecule has 102 valence electrons. The van der Waals surface area contributed by atoms with E-state index in [4.69, 9.17) is 5.26 Å². The van der Waals surface area contributed by atoms with E-state index in [1.54, 1.807) is 0 Å². The largest absolute Gasteiger partial charge is 0.307 e. The van der Waals surface area contributed by atoms with E-state index in [0.717, 1.165) is 6.42 Å². The first kappa shape index (κ1) is 14.3. The summed E-state index contributed by atoms with van der Waals surface area (Å²) in [5.41, 5.74) is 3.27. The average Bonchev–Trinajstić information content (AvgIpc) is 2.48. The van der Waals surface area contributed by atoms with Crippen molar-refractivity contribution in [2.75, 3.05) is 0 Å². The summed E-state index contributed by atoms with van der Waals surface area (Å²) in [5.74, 6) is 0. The summed E-state index contributed by atoms with van der Waals surface area (Å²) in [6.45, 7) is 4.36. The van der Waals surface area contributed by atoms with Crippen molar-refractivity contribution >= 4 is 0 Å². The van der Waals surface area contributed by atoms with Crippen molar-refractivity contribution in [1.29, 1.82) is 5.26 Å². The molecule has 0 heterocycles. The number of benzene rings is 2. The predicted octanol–water partition coefficient (Wildman–Crippen LogP) is 3.84. The Morgan fingerprint density at radius 2 is 1.65 bits per heavy atom. The van der Waals surface area contributed by atoms with E-state index in [0.29, 0.717) is 11.6 Å². The van der Waals surface area contributed by atoms with Gasteiger partial charge in [0.25, 0.3) is 0 Å². The van der Waals surface area contributed by atoms with Crippen LogP contribution >= 0.6 is 0 Å². The first-order valence-corrected chi connectivity index (χ1v) is 6.99. The van der Waals surface area contributed by atoms with Crippen LogP contribution in [0.5, 0.6) is 0 Å². The number of nitrogens with one attached hydrogen (secondary N) is 1. The van der Waals surface area contributed by atoms with Gasteiger partial charge in [-0.25, -0.2) is 0 Å². The van der Waals surface area contributed by atoms with Crippen LogP contribution in [0.1, 0.15) is 36.6 Å². The second-order valence-corrected chi connectivity index (χ2v) is 5.21. The topological polar surface area (TPSA) is 35.8 Å². The van der Waals surface area contributed by atoms with Crippen molar-refractivity contribution in [3.63, 3.8) is 0 Å². The lowest BCUT2D eigenvalue weighted by Gasteiger charge is -2.20. The molecule has 2 nitrogen and oxygen atoms in total. The number of nitrogens with zero attached hydrogens (tertiary/aromatic N) is 1. The summed E-state index contributed by atoms with van der Waals surface area (Å²) >= 11 is 0. The molecule has 0 fully saturated rings. The lowest BCUT2D eigenvalue weighted by atomic mass is 10.0. The normalized spacial score (nSPS) is 13.4. The summed E-state index contributed by atoms with van der Waals surface area (Å²) in [4.78, 5) is 0. The number of hydrogen-bond donors (Lipinski definition) is 1. The molecule has 2 rings (SSSR count). The van der Waals surface area contributed by atoms with E-state index in [9.17, 15) is 0 Å². The molecule has 0 aliphatic rings. The third kappa shape index (κ3) is 3.94. The Kier molecular flexibility index (Phi) is 4.92. The minimum absolute atomic E-state index is 0.279. The maximum absolute atomic E-state index is 8.81. The van der Waals surface area contributed by atoms with Crippen LogP contribution in [-0.2, 0) is 6.42 Å². The first-order chi connectivity index (χ1) is 9.69. The maximum atomic E-state index is 8.81. The fourth-order valence-corrected chi connectivity index (χ4v) is 2.40. The molecule has 0 bridgehead atoms. The van der Waals surface area contributed by atoms with Crippen LogP contribution in [0.4, 0.5) is 0 Å². The fourth-order valence-electron chi connectivity index (χ4n) is 2.40. The third-order valence-electron chi connectivity index (χ3n) is 3.46. The lowest BCUT2D eigenvalue weighted by Crippen LogP contribution is -2.30. The van der Waals surface area contributed by atoms with Crippen LogP contribution in [0.25, 0.3) is 0 Å². The van der Waals surface area contributed by atoms with Crippen molar-refractivity contribution in [2.24, 2.45) is 0 Å². The van der Waals surface area contributed by atoms with Gasteiger partial charge in [0, 0.05) is 12.1 Å². The molecule has 0 radical (unpaired) electrons. The highest BCUT2D eigenvalue weighted by Gasteiger charge is 2.09. The molecule has 0 saturated heterocycles. The third-order valence-corrected chi connectivity index (χ3v) is 3.46. The van der Waals surface area contributed by atoms with Gasteiger partial charge in [-0.1, -0.05) is 42.5 Å². The van der Waals surface area contributed by atoms with Crippen molar-refractivity contribution in [3.05, 3.63) is 71.3 Å². The van der Waals surface area contributed by atoms with E-state index < -0.39 is 0 Å². The van der Waals surface area contributed by atoms with Crippen molar-refractivity contribution in [2.45, 2.75) is 32.4 Å². The van der Waals surface area contributed by atoms with E-state index in [1.165, 1.54) is 11.1 Å². The van der Waals surface area contributed by atoms with Crippen LogP contribution < -0.4 is 5.32 Å². The Morgan fingerprint density at radius 1 is 1.00 bits per heavy atom. The van der Waals surface area contributed by atoms with Crippen LogP contribution in [0, 0.1) is 11.3 Å². The summed E-state index contributed by atoms with van der Waals surface area (Å²) in [6.07, 6.45) is 1.02. The van der Waals surface area contributed by atoms with Crippen molar-refractivity contribution in [3.8, 4) is 6.07 Å². The van der Waals surface area contributed by atoms with Crippen LogP contribution in [0.3, 0.4) is 0 Å². The summed E-state index contributed by atoms with van der Waals surface area (Å²) in [7, 11) is 0. The summed E-state index contributed by atoms with van der Waals surface area (Å²) in [6, 6.07) is 21.1. The van der Waals surface area contributed by atoms with Gasteiger partial charge in [-0.05, 0) is 43.5 Å². The van der Waals surface area contributed by atoms with E-state index in [-0.39, 0.29) is 6.04 Å². The molecule has 0 amide bonds. The van der Waals surface area contributed by atoms with Crippen LogP contribution in [0.15, 0.2) is 54.6 Å². The molecular formula is C18H20N2. The van der Waals surface area contributed by atoms with Gasteiger partial charge in [-0.15, -0.1) is 0 Å². The molecule has 0 aliphatic carbocycles. The van der Waals surface area contributed by atoms with Gasteiger partial charge >= 0.3 is 0 Å². The number of rotatable bonds is 5. The smallest absolute Gasteiger partial charge is 0.0991 e. The van der Waals surface area contributed by atoms with Gasteiger partial charge in [-0.2, -0.15) is 5.26 Å². The van der Waals surface area contributed by atoms with E-state index in [1.807, 2.05) is 30.3 Å². The quantitative estimate of drug-likeness (QED) is 0.890. The minimum atomic E-state index is 0.279.